The van der Waals surface area contributed by atoms with Gasteiger partial charge in [-0.1, -0.05) is 19.8 Å². The van der Waals surface area contributed by atoms with Crippen LogP contribution in [0.3, 0.4) is 0 Å². The number of fused-ring (bicyclic) bond motifs is 1. The number of rotatable bonds is 19. The fraction of sp³-hybridized carbons (Fsp3) is 0.500. The molecule has 1 aromatic carbocycles. The van der Waals surface area contributed by atoms with Gasteiger partial charge in [0.15, 0.2) is 11.2 Å². The highest BCUT2D eigenvalue weighted by molar-refractivity contribution is 7.47. The third-order valence-corrected chi connectivity index (χ3v) is 8.70. The lowest BCUT2D eigenvalue weighted by Crippen LogP contribution is -2.41. The fourth-order valence-corrected chi connectivity index (χ4v) is 5.94. The van der Waals surface area contributed by atoms with Gasteiger partial charge in [-0.3, -0.25) is 28.4 Å². The summed E-state index contributed by atoms with van der Waals surface area (Å²) in [6, 6.07) is 5.03. The molecule has 4 rings (SSSR count). The van der Waals surface area contributed by atoms with Crippen LogP contribution in [-0.4, -0.2) is 73.0 Å². The molecule has 1 aliphatic carbocycles. The summed E-state index contributed by atoms with van der Waals surface area (Å²) in [5, 5.41) is 17.9. The molecule has 0 saturated heterocycles. The molecule has 8 N–H and O–H groups in total. The van der Waals surface area contributed by atoms with E-state index >= 15 is 0 Å². The zero-order chi connectivity index (χ0) is 34.7. The molecule has 1 fully saturated rings. The summed E-state index contributed by atoms with van der Waals surface area (Å²) in [5.41, 5.74) is 6.53. The number of nitrogens with zero attached hydrogens (tertiary/aromatic N) is 3. The Bertz CT molecular complexity index is 1680. The molecule has 1 unspecified atom stereocenters. The summed E-state index contributed by atoms with van der Waals surface area (Å²) < 4.78 is 22.1. The van der Waals surface area contributed by atoms with Gasteiger partial charge in [0.25, 0.3) is 11.5 Å². The maximum atomic E-state index is 12.7. The summed E-state index contributed by atoms with van der Waals surface area (Å²) in [4.78, 5) is 73.2. The number of aromatic nitrogens is 4. The number of aromatic amines is 1. The molecule has 18 heteroatoms. The lowest BCUT2D eigenvalue weighted by molar-refractivity contribution is -0.139. The molecule has 0 radical (unpaired) electrons. The monoisotopic (exact) mass is 688 g/mol. The second-order valence-corrected chi connectivity index (χ2v) is 13.1. The number of hydrogen-bond acceptors (Lipinski definition) is 12. The molecule has 2 atom stereocenters. The molecular weight excluding hydrogens is 647 g/mol. The largest absolute Gasteiger partial charge is 0.480 e. The number of carbonyl (C=O) groups excluding carboxylic acids is 2. The third-order valence-electron chi connectivity index (χ3n) is 7.63. The van der Waals surface area contributed by atoms with Crippen LogP contribution in [0.2, 0.25) is 0 Å². The van der Waals surface area contributed by atoms with Crippen LogP contribution in [-0.2, 0) is 29.7 Å². The van der Waals surface area contributed by atoms with Gasteiger partial charge >= 0.3 is 13.8 Å². The smallest absolute Gasteiger partial charge is 0.472 e. The molecule has 1 aliphatic rings. The first kappa shape index (κ1) is 36.4. The molecule has 2 aromatic heterocycles. The Kier molecular flexibility index (Phi) is 13.0. The predicted molar refractivity (Wildman–Crippen MR) is 175 cm³/mol. The van der Waals surface area contributed by atoms with Crippen molar-refractivity contribution in [2.24, 2.45) is 5.92 Å². The number of unbranched alkanes of at least 4 members (excludes halogenated alkanes) is 3. The van der Waals surface area contributed by atoms with Gasteiger partial charge in [-0.25, -0.2) is 19.3 Å². The number of carboxylic acid groups (broad SMARTS) is 1. The van der Waals surface area contributed by atoms with E-state index < -0.39 is 31.3 Å². The van der Waals surface area contributed by atoms with Crippen LogP contribution in [0.4, 0.5) is 11.6 Å². The van der Waals surface area contributed by atoms with Crippen LogP contribution in [0.15, 0.2) is 35.3 Å². The summed E-state index contributed by atoms with van der Waals surface area (Å²) in [7, 11) is -4.03. The average Bonchev–Trinajstić information content (AvgIpc) is 3.02. The van der Waals surface area contributed by atoms with E-state index in [0.717, 1.165) is 25.7 Å². The van der Waals surface area contributed by atoms with E-state index in [2.05, 4.69) is 42.8 Å². The Morgan fingerprint density at radius 3 is 2.56 bits per heavy atom. The van der Waals surface area contributed by atoms with E-state index in [9.17, 15) is 33.7 Å². The number of nitrogens with two attached hydrogens (primary N) is 1. The number of amides is 2. The molecule has 260 valence electrons. The van der Waals surface area contributed by atoms with Crippen LogP contribution in [0, 0.1) is 5.92 Å². The SMILES string of the molecule is CC1CC(OP(=O)(O)OCCCCCCNC(=O)CC[C@H](NC(=O)c2ccc(NCc3cnc4nc(N)[nH]c(=O)c4n3)cc2)C(=O)O)C1. The Morgan fingerprint density at radius 2 is 1.85 bits per heavy atom. The van der Waals surface area contributed by atoms with Crippen molar-refractivity contribution in [1.82, 2.24) is 30.6 Å². The van der Waals surface area contributed by atoms with E-state index in [-0.39, 0.29) is 60.7 Å². The molecule has 0 aliphatic heterocycles. The van der Waals surface area contributed by atoms with Crippen LogP contribution >= 0.6 is 7.82 Å². The number of carbonyl (C=O) groups is 3. The zero-order valence-corrected chi connectivity index (χ0v) is 27.4. The van der Waals surface area contributed by atoms with Crippen LogP contribution in [0.5, 0.6) is 0 Å². The second-order valence-electron chi connectivity index (χ2n) is 11.7. The van der Waals surface area contributed by atoms with Gasteiger partial charge in [-0.05, 0) is 62.3 Å². The Labute approximate surface area is 276 Å². The molecule has 1 saturated carbocycles. The summed E-state index contributed by atoms with van der Waals surface area (Å²) in [5.74, 6) is -1.76. The van der Waals surface area contributed by atoms with E-state index in [1.165, 1.54) is 18.3 Å². The number of nitrogens with one attached hydrogen (secondary N) is 4. The minimum absolute atomic E-state index is 0.0538. The molecule has 0 bridgehead atoms. The fourth-order valence-electron chi connectivity index (χ4n) is 4.97. The highest BCUT2D eigenvalue weighted by Crippen LogP contribution is 2.49. The Hall–Kier alpha value is -4.44. The van der Waals surface area contributed by atoms with E-state index in [0.29, 0.717) is 36.7 Å². The van der Waals surface area contributed by atoms with Crippen molar-refractivity contribution in [2.45, 2.75) is 77.0 Å². The molecule has 17 nitrogen and oxygen atoms in total. The Balaban J connectivity index is 1.10. The van der Waals surface area contributed by atoms with Crippen LogP contribution < -0.4 is 27.2 Å². The topological polar surface area (TPSA) is 261 Å². The first-order chi connectivity index (χ1) is 22.9. The maximum Gasteiger partial charge on any atom is 0.472 e. The van der Waals surface area contributed by atoms with Gasteiger partial charge < -0.3 is 31.7 Å². The highest BCUT2D eigenvalue weighted by Gasteiger charge is 2.34. The zero-order valence-electron chi connectivity index (χ0n) is 26.5. The quantitative estimate of drug-likeness (QED) is 0.0705. The van der Waals surface area contributed by atoms with Gasteiger partial charge in [0.1, 0.15) is 6.04 Å². The number of carboxylic acids is 1. The lowest BCUT2D eigenvalue weighted by atomic mass is 9.84. The first-order valence-corrected chi connectivity index (χ1v) is 17.2. The summed E-state index contributed by atoms with van der Waals surface area (Å²) in [6.45, 7) is 2.77. The lowest BCUT2D eigenvalue weighted by Gasteiger charge is -2.32. The molecular formula is C30H41N8O9P. The van der Waals surface area contributed by atoms with Crippen LogP contribution in [0.1, 0.15) is 74.3 Å². The number of hydrogen-bond donors (Lipinski definition) is 7. The number of benzene rings is 1. The van der Waals surface area contributed by atoms with Crippen molar-refractivity contribution in [3.05, 3.63) is 52.1 Å². The first-order valence-electron chi connectivity index (χ1n) is 15.7. The van der Waals surface area contributed by atoms with Crippen molar-refractivity contribution >= 4 is 48.4 Å². The van der Waals surface area contributed by atoms with Crippen molar-refractivity contribution in [1.29, 1.82) is 0 Å². The van der Waals surface area contributed by atoms with Gasteiger partial charge in [0.05, 0.1) is 31.1 Å². The molecule has 0 spiro atoms. The van der Waals surface area contributed by atoms with Gasteiger partial charge in [0.2, 0.25) is 11.9 Å². The van der Waals surface area contributed by atoms with Gasteiger partial charge in [-0.15, -0.1) is 0 Å². The van der Waals surface area contributed by atoms with Gasteiger partial charge in [0, 0.05) is 24.2 Å². The number of aliphatic carboxylic acids is 1. The molecule has 48 heavy (non-hydrogen) atoms. The Morgan fingerprint density at radius 1 is 1.12 bits per heavy atom. The van der Waals surface area contributed by atoms with Gasteiger partial charge in [-0.2, -0.15) is 4.98 Å². The van der Waals surface area contributed by atoms with Crippen LogP contribution in [0.25, 0.3) is 11.2 Å². The van der Waals surface area contributed by atoms with Crippen molar-refractivity contribution in [2.75, 3.05) is 24.2 Å². The number of H-pyrrole nitrogens is 1. The normalized spacial score (nSPS) is 17.5. The van der Waals surface area contributed by atoms with Crippen molar-refractivity contribution in [3.63, 3.8) is 0 Å². The van der Waals surface area contributed by atoms with Crippen molar-refractivity contribution in [3.8, 4) is 0 Å². The van der Waals surface area contributed by atoms with E-state index in [4.69, 9.17) is 14.8 Å². The number of phosphoric ester groups is 1. The second kappa shape index (κ2) is 17.1. The minimum Gasteiger partial charge on any atom is -0.480 e. The molecule has 2 heterocycles. The summed E-state index contributed by atoms with van der Waals surface area (Å²) in [6.07, 6.45) is 5.31. The number of anilines is 2. The highest BCUT2D eigenvalue weighted by atomic mass is 31.2. The van der Waals surface area contributed by atoms with Crippen molar-refractivity contribution < 1.29 is 38.0 Å². The van der Waals surface area contributed by atoms with E-state index in [1.54, 1.807) is 12.1 Å². The number of phosphoric acid groups is 1. The average molecular weight is 689 g/mol. The van der Waals surface area contributed by atoms with E-state index in [1.807, 2.05) is 0 Å². The molecule has 3 aromatic rings. The standard InChI is InChI=1S/C30H41N8O9P/c1-18-14-22(15-18)47-48(44,45)46-13-5-3-2-4-12-32-24(39)11-10-23(29(42)43)36-27(40)19-6-8-20(9-7-19)33-16-21-17-34-26-25(35-21)28(41)38-30(31)37-26/h6-9,17-18,22-23,33H,2-5,10-16H2,1H3,(H,32,39)(H,36,40)(H,42,43)(H,44,45)(H3,31,34,37,38,41)/t18?,22?,23-/m0/s1. The predicted octanol–water partition coefficient (Wildman–Crippen LogP) is 2.48. The molecule has 2 amide bonds. The summed E-state index contributed by atoms with van der Waals surface area (Å²) >= 11 is 0. The third kappa shape index (κ3) is 11.4. The number of nitrogen functional groups attached to an aromatic ring is 1. The minimum atomic E-state index is -4.03. The maximum absolute atomic E-state index is 12.7.